The third kappa shape index (κ3) is 5.36. The van der Waals surface area contributed by atoms with Gasteiger partial charge in [0.25, 0.3) is 0 Å². The van der Waals surface area contributed by atoms with E-state index in [0.29, 0.717) is 32.6 Å². The van der Waals surface area contributed by atoms with Crippen LogP contribution in [0.5, 0.6) is 0 Å². The molecule has 20 heavy (non-hydrogen) atoms. The second kappa shape index (κ2) is 8.79. The number of carboxylic acid groups (broad SMARTS) is 1. The molecule has 1 aliphatic rings. The van der Waals surface area contributed by atoms with Crippen LogP contribution in [0.3, 0.4) is 0 Å². The molecular weight excluding hydrogens is 260 g/mol. The number of aliphatic carboxylic acids is 1. The van der Waals surface area contributed by atoms with E-state index in [0.717, 1.165) is 25.7 Å². The van der Waals surface area contributed by atoms with Crippen molar-refractivity contribution < 1.29 is 19.4 Å². The first kappa shape index (κ1) is 16.8. The first-order chi connectivity index (χ1) is 9.60. The van der Waals surface area contributed by atoms with Crippen molar-refractivity contribution in [3.63, 3.8) is 0 Å². The average Bonchev–Trinajstić information content (AvgIpc) is 2.90. The van der Waals surface area contributed by atoms with Crippen LogP contribution >= 0.6 is 0 Å². The second-order valence-corrected chi connectivity index (χ2v) is 5.37. The molecule has 2 amide bonds. The van der Waals surface area contributed by atoms with E-state index in [1.54, 1.807) is 0 Å². The Morgan fingerprint density at radius 1 is 1.20 bits per heavy atom. The molecule has 0 unspecified atom stereocenters. The Kier molecular flexibility index (Phi) is 7.36. The normalized spacial score (nSPS) is 16.9. The molecule has 0 atom stereocenters. The van der Waals surface area contributed by atoms with Gasteiger partial charge in [-0.25, -0.2) is 4.79 Å². The lowest BCUT2D eigenvalue weighted by atomic mass is 9.86. The molecule has 0 heterocycles. The number of unbranched alkanes of at least 4 members (excludes halogenated alkanes) is 1. The van der Waals surface area contributed by atoms with Gasteiger partial charge in [-0.2, -0.15) is 0 Å². The second-order valence-electron chi connectivity index (χ2n) is 5.37. The Balaban J connectivity index is 2.14. The average molecular weight is 286 g/mol. The van der Waals surface area contributed by atoms with Gasteiger partial charge < -0.3 is 20.5 Å². The fourth-order valence-corrected chi connectivity index (χ4v) is 2.42. The fraction of sp³-hybridized carbons (Fsp3) is 0.857. The van der Waals surface area contributed by atoms with Crippen LogP contribution in [0, 0.1) is 5.41 Å². The Morgan fingerprint density at radius 3 is 2.50 bits per heavy atom. The molecule has 0 aliphatic heterocycles. The molecule has 6 nitrogen and oxygen atoms in total. The number of nitrogens with one attached hydrogen (secondary N) is 2. The molecule has 0 spiro atoms. The number of amides is 2. The van der Waals surface area contributed by atoms with Gasteiger partial charge in [0.2, 0.25) is 0 Å². The quantitative estimate of drug-likeness (QED) is 0.563. The molecule has 0 aromatic carbocycles. The zero-order chi connectivity index (χ0) is 14.8. The summed E-state index contributed by atoms with van der Waals surface area (Å²) in [5.41, 5.74) is -0.769. The third-order valence-corrected chi connectivity index (χ3v) is 3.78. The van der Waals surface area contributed by atoms with Crippen LogP contribution in [0.2, 0.25) is 0 Å². The first-order valence-corrected chi connectivity index (χ1v) is 7.43. The molecule has 0 aromatic heterocycles. The van der Waals surface area contributed by atoms with Gasteiger partial charge in [-0.1, -0.05) is 26.2 Å². The maximum Gasteiger partial charge on any atom is 0.314 e. The number of hydrogen-bond acceptors (Lipinski definition) is 3. The van der Waals surface area contributed by atoms with Gasteiger partial charge in [0.1, 0.15) is 0 Å². The number of hydrogen-bond donors (Lipinski definition) is 3. The SMILES string of the molecule is CCCCOCCNC(=O)NCC1(C(=O)O)CCCC1. The summed E-state index contributed by atoms with van der Waals surface area (Å²) in [4.78, 5) is 22.9. The van der Waals surface area contributed by atoms with Crippen molar-refractivity contribution in [2.45, 2.75) is 45.4 Å². The van der Waals surface area contributed by atoms with Gasteiger partial charge in [0.05, 0.1) is 12.0 Å². The topological polar surface area (TPSA) is 87.7 Å². The van der Waals surface area contributed by atoms with Gasteiger partial charge in [-0.15, -0.1) is 0 Å². The van der Waals surface area contributed by atoms with Gasteiger partial charge in [0, 0.05) is 19.7 Å². The van der Waals surface area contributed by atoms with Crippen molar-refractivity contribution in [1.82, 2.24) is 10.6 Å². The molecular formula is C14H26N2O4. The van der Waals surface area contributed by atoms with Crippen molar-refractivity contribution in [3.8, 4) is 0 Å². The Bertz CT molecular complexity index is 314. The minimum atomic E-state index is -0.807. The molecule has 1 fully saturated rings. The maximum atomic E-state index is 11.6. The van der Waals surface area contributed by atoms with Crippen molar-refractivity contribution >= 4 is 12.0 Å². The third-order valence-electron chi connectivity index (χ3n) is 3.78. The van der Waals surface area contributed by atoms with Crippen LogP contribution < -0.4 is 10.6 Å². The number of carbonyl (C=O) groups is 2. The highest BCUT2D eigenvalue weighted by molar-refractivity contribution is 5.78. The van der Waals surface area contributed by atoms with E-state index >= 15 is 0 Å². The highest BCUT2D eigenvalue weighted by Gasteiger charge is 2.41. The molecule has 1 saturated carbocycles. The summed E-state index contributed by atoms with van der Waals surface area (Å²) in [7, 11) is 0. The first-order valence-electron chi connectivity index (χ1n) is 7.43. The molecule has 1 aliphatic carbocycles. The lowest BCUT2D eigenvalue weighted by molar-refractivity contribution is -0.148. The Labute approximate surface area is 120 Å². The molecule has 0 aromatic rings. The summed E-state index contributed by atoms with van der Waals surface area (Å²) in [6, 6.07) is -0.323. The van der Waals surface area contributed by atoms with Crippen LogP contribution in [-0.4, -0.2) is 43.4 Å². The van der Waals surface area contributed by atoms with Gasteiger partial charge in [-0.3, -0.25) is 4.79 Å². The Hall–Kier alpha value is -1.30. The van der Waals surface area contributed by atoms with E-state index in [4.69, 9.17) is 4.74 Å². The standard InChI is InChI=1S/C14H26N2O4/c1-2-3-9-20-10-8-15-13(19)16-11-14(12(17)18)6-4-5-7-14/h2-11H2,1H3,(H,17,18)(H2,15,16,19). The summed E-state index contributed by atoms with van der Waals surface area (Å²) in [5.74, 6) is -0.807. The van der Waals surface area contributed by atoms with Crippen molar-refractivity contribution in [2.75, 3.05) is 26.3 Å². The summed E-state index contributed by atoms with van der Waals surface area (Å²) >= 11 is 0. The van der Waals surface area contributed by atoms with Crippen LogP contribution in [0.15, 0.2) is 0 Å². The maximum absolute atomic E-state index is 11.6. The van der Waals surface area contributed by atoms with Gasteiger partial charge in [0.15, 0.2) is 0 Å². The van der Waals surface area contributed by atoms with Crippen molar-refractivity contribution in [3.05, 3.63) is 0 Å². The van der Waals surface area contributed by atoms with E-state index < -0.39 is 11.4 Å². The van der Waals surface area contributed by atoms with E-state index in [2.05, 4.69) is 17.6 Å². The van der Waals surface area contributed by atoms with Crippen LogP contribution in [0.4, 0.5) is 4.79 Å². The summed E-state index contributed by atoms with van der Waals surface area (Å²) < 4.78 is 5.32. The molecule has 0 bridgehead atoms. The molecule has 0 saturated heterocycles. The number of ether oxygens (including phenoxy) is 1. The highest BCUT2D eigenvalue weighted by atomic mass is 16.5. The summed E-state index contributed by atoms with van der Waals surface area (Å²) in [5, 5.41) is 14.6. The van der Waals surface area contributed by atoms with Crippen LogP contribution in [0.1, 0.15) is 45.4 Å². The zero-order valence-corrected chi connectivity index (χ0v) is 12.2. The fourth-order valence-electron chi connectivity index (χ4n) is 2.42. The summed E-state index contributed by atoms with van der Waals surface area (Å²) in [6.07, 6.45) is 5.23. The largest absolute Gasteiger partial charge is 0.481 e. The van der Waals surface area contributed by atoms with Crippen LogP contribution in [0.25, 0.3) is 0 Å². The predicted molar refractivity (Wildman–Crippen MR) is 75.7 cm³/mol. The number of rotatable bonds is 9. The van der Waals surface area contributed by atoms with E-state index in [9.17, 15) is 14.7 Å². The van der Waals surface area contributed by atoms with Crippen molar-refractivity contribution in [1.29, 1.82) is 0 Å². The van der Waals surface area contributed by atoms with Gasteiger partial charge in [-0.05, 0) is 19.3 Å². The Morgan fingerprint density at radius 2 is 1.90 bits per heavy atom. The predicted octanol–water partition coefficient (Wildman–Crippen LogP) is 1.75. The van der Waals surface area contributed by atoms with Gasteiger partial charge >= 0.3 is 12.0 Å². The molecule has 6 heteroatoms. The molecule has 0 radical (unpaired) electrons. The van der Waals surface area contributed by atoms with E-state index in [-0.39, 0.29) is 12.6 Å². The monoisotopic (exact) mass is 286 g/mol. The van der Waals surface area contributed by atoms with E-state index in [1.165, 1.54) is 0 Å². The number of carbonyl (C=O) groups excluding carboxylic acids is 1. The molecule has 3 N–H and O–H groups in total. The highest BCUT2D eigenvalue weighted by Crippen LogP contribution is 2.37. The minimum absolute atomic E-state index is 0.199. The van der Waals surface area contributed by atoms with Crippen LogP contribution in [-0.2, 0) is 9.53 Å². The summed E-state index contributed by atoms with van der Waals surface area (Å²) in [6.45, 7) is 3.93. The molecule has 116 valence electrons. The van der Waals surface area contributed by atoms with Crippen molar-refractivity contribution in [2.24, 2.45) is 5.41 Å². The number of urea groups is 1. The number of carboxylic acids is 1. The minimum Gasteiger partial charge on any atom is -0.481 e. The van der Waals surface area contributed by atoms with E-state index in [1.807, 2.05) is 0 Å². The zero-order valence-electron chi connectivity index (χ0n) is 12.2. The lowest BCUT2D eigenvalue weighted by Crippen LogP contribution is -2.45. The smallest absolute Gasteiger partial charge is 0.314 e. The lowest BCUT2D eigenvalue weighted by Gasteiger charge is -2.24. The molecule has 1 rings (SSSR count).